The van der Waals surface area contributed by atoms with Crippen LogP contribution in [-0.4, -0.2) is 36.0 Å². The third-order valence-electron chi connectivity index (χ3n) is 2.74. The second-order valence-corrected chi connectivity index (χ2v) is 5.81. The third-order valence-corrected chi connectivity index (χ3v) is 2.94. The topological polar surface area (TPSA) is 61.6 Å². The van der Waals surface area contributed by atoms with Crippen molar-refractivity contribution >= 4 is 32.0 Å². The molecule has 1 saturated heterocycles. The molecule has 2 rings (SSSR count). The van der Waals surface area contributed by atoms with Crippen molar-refractivity contribution in [3.8, 4) is 0 Å². The molecule has 114 valence electrons. The van der Waals surface area contributed by atoms with E-state index in [2.05, 4.69) is 32.9 Å². The summed E-state index contributed by atoms with van der Waals surface area (Å²) in [6.07, 6.45) is -0.513. The summed E-state index contributed by atoms with van der Waals surface area (Å²) in [6, 6.07) is 7.74. The summed E-state index contributed by atoms with van der Waals surface area (Å²) in [5, 5.41) is 7.99. The zero-order valence-electron chi connectivity index (χ0n) is 11.9. The van der Waals surface area contributed by atoms with E-state index in [-0.39, 0.29) is 0 Å². The number of hydrogen-bond donors (Lipinski definition) is 0. The molecule has 0 unspecified atom stereocenters. The number of benzene rings is 1. The van der Waals surface area contributed by atoms with E-state index >= 15 is 0 Å². The van der Waals surface area contributed by atoms with Crippen molar-refractivity contribution in [3.63, 3.8) is 0 Å². The van der Waals surface area contributed by atoms with Gasteiger partial charge in [0.25, 0.3) is 0 Å². The second-order valence-electron chi connectivity index (χ2n) is 4.25. The molecule has 1 fully saturated rings. The molecule has 0 radical (unpaired) electrons. The molecule has 6 nitrogen and oxygen atoms in total. The van der Waals surface area contributed by atoms with Gasteiger partial charge in [-0.25, -0.2) is 0 Å². The Labute approximate surface area is 137 Å². The van der Waals surface area contributed by atoms with Crippen LogP contribution in [0.25, 0.3) is 0 Å². The lowest BCUT2D eigenvalue weighted by atomic mass is 10.0. The van der Waals surface area contributed by atoms with Gasteiger partial charge < -0.3 is 19.1 Å². The van der Waals surface area contributed by atoms with E-state index in [0.717, 1.165) is 14.8 Å². The number of nitrogens with zero attached hydrogens (tertiary/aromatic N) is 2. The Kier molecular flexibility index (Phi) is 6.40. The fourth-order valence-electron chi connectivity index (χ4n) is 1.92. The van der Waals surface area contributed by atoms with Gasteiger partial charge in [0, 0.05) is 11.1 Å². The number of oxime groups is 2. The zero-order chi connectivity index (χ0) is 15.1. The van der Waals surface area contributed by atoms with Gasteiger partial charge in [0.05, 0.1) is 13.2 Å². The minimum atomic E-state index is -0.513. The summed E-state index contributed by atoms with van der Waals surface area (Å²) < 4.78 is 11.9. The Bertz CT molecular complexity index is 523. The minimum Gasteiger partial charge on any atom is -0.399 e. The minimum absolute atomic E-state index is 0.339. The summed E-state index contributed by atoms with van der Waals surface area (Å²) in [5.41, 5.74) is 2.41. The van der Waals surface area contributed by atoms with E-state index < -0.39 is 6.29 Å². The first-order chi connectivity index (χ1) is 10.2. The van der Waals surface area contributed by atoms with Crippen molar-refractivity contribution in [1.82, 2.24) is 0 Å². The molecule has 1 aliphatic rings. The van der Waals surface area contributed by atoms with Gasteiger partial charge in [-0.2, -0.15) is 0 Å². The van der Waals surface area contributed by atoms with Gasteiger partial charge in [0.1, 0.15) is 23.1 Å². The number of halogens is 1. The van der Waals surface area contributed by atoms with Crippen LogP contribution in [0.2, 0.25) is 0 Å². The smallest absolute Gasteiger partial charge is 0.205 e. The molecular formula is C14H17IN2O4. The molecule has 21 heavy (non-hydrogen) atoms. The largest absolute Gasteiger partial charge is 0.399 e. The molecule has 1 heterocycles. The predicted molar refractivity (Wildman–Crippen MR) is 87.6 cm³/mol. The van der Waals surface area contributed by atoms with Crippen LogP contribution in [-0.2, 0) is 25.8 Å². The van der Waals surface area contributed by atoms with Crippen molar-refractivity contribution in [1.29, 1.82) is 0 Å². The van der Waals surface area contributed by atoms with E-state index in [1.807, 2.05) is 31.2 Å². The fraction of sp³-hybridized carbons (Fsp3) is 0.429. The molecule has 0 bridgehead atoms. The second kappa shape index (κ2) is 8.30. The van der Waals surface area contributed by atoms with Crippen LogP contribution in [0.3, 0.4) is 0 Å². The first kappa shape index (κ1) is 16.2. The molecule has 1 aromatic rings. The summed E-state index contributed by atoms with van der Waals surface area (Å²) in [6.45, 7) is 3.30. The highest BCUT2D eigenvalue weighted by Gasteiger charge is 2.26. The highest BCUT2D eigenvalue weighted by Crippen LogP contribution is 2.18. The van der Waals surface area contributed by atoms with E-state index in [1.165, 1.54) is 7.11 Å². The van der Waals surface area contributed by atoms with Crippen LogP contribution in [0.4, 0.5) is 0 Å². The van der Waals surface area contributed by atoms with Crippen molar-refractivity contribution in [2.24, 2.45) is 10.3 Å². The molecule has 1 aromatic carbocycles. The Balaban J connectivity index is 2.23. The van der Waals surface area contributed by atoms with Crippen LogP contribution < -0.4 is 0 Å². The monoisotopic (exact) mass is 404 g/mol. The van der Waals surface area contributed by atoms with Gasteiger partial charge >= 0.3 is 0 Å². The molecule has 1 aliphatic heterocycles. The van der Waals surface area contributed by atoms with Crippen LogP contribution in [0.15, 0.2) is 34.6 Å². The van der Waals surface area contributed by atoms with E-state index in [4.69, 9.17) is 19.1 Å². The standard InChI is InChI=1S/C14H17IN2O4/c1-10(15)16-21-9-11-5-3-4-6-12(11)13(17-18-2)14-19-7-8-20-14/h3-6,14H,7-9H2,1-2H3/b16-10+,17-13+. The first-order valence-corrected chi connectivity index (χ1v) is 7.55. The molecule has 0 spiro atoms. The van der Waals surface area contributed by atoms with Crippen molar-refractivity contribution in [2.75, 3.05) is 20.3 Å². The lowest BCUT2D eigenvalue weighted by Crippen LogP contribution is -2.24. The van der Waals surface area contributed by atoms with Gasteiger partial charge in [-0.05, 0) is 29.5 Å². The molecule has 0 aromatic heterocycles. The number of hydrogen-bond acceptors (Lipinski definition) is 6. The maximum Gasteiger partial charge on any atom is 0.205 e. The Morgan fingerprint density at radius 2 is 2.00 bits per heavy atom. The Morgan fingerprint density at radius 3 is 2.67 bits per heavy atom. The zero-order valence-corrected chi connectivity index (χ0v) is 14.1. The van der Waals surface area contributed by atoms with E-state index in [0.29, 0.717) is 25.5 Å². The quantitative estimate of drug-likeness (QED) is 0.416. The number of ether oxygens (including phenoxy) is 2. The summed E-state index contributed by atoms with van der Waals surface area (Å²) in [5.74, 6) is 0. The predicted octanol–water partition coefficient (Wildman–Crippen LogP) is 2.70. The maximum atomic E-state index is 5.52. The fourth-order valence-corrected chi connectivity index (χ4v) is 2.06. The molecule has 0 atom stereocenters. The van der Waals surface area contributed by atoms with Gasteiger partial charge in [-0.3, -0.25) is 0 Å². The lowest BCUT2D eigenvalue weighted by molar-refractivity contribution is 0.0120. The first-order valence-electron chi connectivity index (χ1n) is 6.47. The Hall–Kier alpha value is -1.19. The summed E-state index contributed by atoms with van der Waals surface area (Å²) in [7, 11) is 1.50. The van der Waals surface area contributed by atoms with Crippen LogP contribution in [0.5, 0.6) is 0 Å². The van der Waals surface area contributed by atoms with Crippen molar-refractivity contribution in [3.05, 3.63) is 35.4 Å². The van der Waals surface area contributed by atoms with Crippen molar-refractivity contribution < 1.29 is 19.1 Å². The highest BCUT2D eigenvalue weighted by atomic mass is 127. The molecule has 0 N–H and O–H groups in total. The molecular weight excluding hydrogens is 387 g/mol. The van der Waals surface area contributed by atoms with E-state index in [1.54, 1.807) is 0 Å². The van der Waals surface area contributed by atoms with Gasteiger partial charge in [0.2, 0.25) is 6.29 Å². The molecule has 7 heteroatoms. The maximum absolute atomic E-state index is 5.52. The van der Waals surface area contributed by atoms with Crippen LogP contribution in [0, 0.1) is 0 Å². The normalized spacial score (nSPS) is 17.1. The summed E-state index contributed by atoms with van der Waals surface area (Å²) in [4.78, 5) is 10.2. The Morgan fingerprint density at radius 1 is 1.29 bits per heavy atom. The van der Waals surface area contributed by atoms with Gasteiger partial charge in [0.15, 0.2) is 0 Å². The third kappa shape index (κ3) is 4.65. The highest BCUT2D eigenvalue weighted by molar-refractivity contribution is 14.1. The average molecular weight is 404 g/mol. The van der Waals surface area contributed by atoms with Crippen LogP contribution in [0.1, 0.15) is 18.1 Å². The SMILES string of the molecule is CO/N=C(\c1ccccc1CO/N=C(\C)I)C1OCCO1. The van der Waals surface area contributed by atoms with Crippen molar-refractivity contribution in [2.45, 2.75) is 19.8 Å². The number of rotatable bonds is 6. The lowest BCUT2D eigenvalue weighted by Gasteiger charge is -2.15. The molecule has 0 amide bonds. The molecule has 0 aliphatic carbocycles. The van der Waals surface area contributed by atoms with Crippen LogP contribution >= 0.6 is 22.6 Å². The molecule has 0 saturated carbocycles. The summed E-state index contributed by atoms with van der Waals surface area (Å²) >= 11 is 2.09. The van der Waals surface area contributed by atoms with E-state index in [9.17, 15) is 0 Å². The van der Waals surface area contributed by atoms with Gasteiger partial charge in [-0.15, -0.1) is 0 Å². The average Bonchev–Trinajstić information content (AvgIpc) is 2.99. The van der Waals surface area contributed by atoms with Gasteiger partial charge in [-0.1, -0.05) is 34.6 Å².